The van der Waals surface area contributed by atoms with E-state index in [4.69, 9.17) is 10.8 Å². The molecule has 2 unspecified atom stereocenters. The van der Waals surface area contributed by atoms with E-state index in [1.807, 2.05) is 0 Å². The van der Waals surface area contributed by atoms with E-state index in [1.165, 1.54) is 0 Å². The molecule has 2 atom stereocenters. The first-order valence-electron chi connectivity index (χ1n) is 3.97. The van der Waals surface area contributed by atoms with Gasteiger partial charge < -0.3 is 21.1 Å². The second kappa shape index (κ2) is 4.25. The molecule has 0 saturated heterocycles. The van der Waals surface area contributed by atoms with E-state index in [9.17, 15) is 15.0 Å². The van der Waals surface area contributed by atoms with Crippen molar-refractivity contribution >= 4 is 37.8 Å². The van der Waals surface area contributed by atoms with Gasteiger partial charge in [0.05, 0.1) is 16.0 Å². The average Bonchev–Trinajstić information content (AvgIpc) is 2.11. The van der Waals surface area contributed by atoms with Gasteiger partial charge in [-0.15, -0.1) is 0 Å². The fourth-order valence-corrected chi connectivity index (χ4v) is 2.47. The van der Waals surface area contributed by atoms with Crippen LogP contribution in [-0.2, 0) is 4.79 Å². The van der Waals surface area contributed by atoms with Crippen molar-refractivity contribution in [3.05, 3.63) is 21.9 Å². The minimum atomic E-state index is -1.64. The molecule has 0 aliphatic heterocycles. The van der Waals surface area contributed by atoms with Crippen molar-refractivity contribution in [2.24, 2.45) is 11.7 Å². The number of carbonyl (C=O) groups is 1. The smallest absolute Gasteiger partial charge is 0.336 e. The quantitative estimate of drug-likeness (QED) is 0.556. The van der Waals surface area contributed by atoms with E-state index >= 15 is 0 Å². The molecule has 0 spiro atoms. The molecule has 0 aromatic rings. The van der Waals surface area contributed by atoms with Crippen LogP contribution in [0.4, 0.5) is 0 Å². The second-order valence-electron chi connectivity index (χ2n) is 3.08. The molecule has 0 saturated carbocycles. The number of aliphatic carboxylic acids is 1. The molecule has 0 aromatic carbocycles. The zero-order chi connectivity index (χ0) is 11.8. The highest BCUT2D eigenvalue weighted by Gasteiger charge is 2.41. The summed E-state index contributed by atoms with van der Waals surface area (Å²) in [5, 5.41) is 28.3. The largest absolute Gasteiger partial charge is 0.511 e. The Morgan fingerprint density at radius 1 is 1.67 bits per heavy atom. The lowest BCUT2D eigenvalue weighted by Crippen LogP contribution is -2.39. The zero-order valence-electron chi connectivity index (χ0n) is 7.44. The van der Waals surface area contributed by atoms with Gasteiger partial charge in [-0.05, 0) is 37.9 Å². The Bertz CT molecular complexity index is 362. The van der Waals surface area contributed by atoms with Crippen molar-refractivity contribution in [2.45, 2.75) is 4.51 Å². The van der Waals surface area contributed by atoms with Gasteiger partial charge in [0.25, 0.3) is 0 Å². The van der Waals surface area contributed by atoms with Crippen molar-refractivity contribution < 1.29 is 20.1 Å². The summed E-state index contributed by atoms with van der Waals surface area (Å²) in [6, 6.07) is 0. The molecule has 5 nitrogen and oxygen atoms in total. The first-order valence-corrected chi connectivity index (χ1v) is 5.56. The summed E-state index contributed by atoms with van der Waals surface area (Å²) in [6.07, 6.45) is 1.09. The molecular weight excluding hydrogens is 334 g/mol. The van der Waals surface area contributed by atoms with Crippen LogP contribution in [0, 0.1) is 5.92 Å². The van der Waals surface area contributed by atoms with Gasteiger partial charge in [-0.1, -0.05) is 0 Å². The summed E-state index contributed by atoms with van der Waals surface area (Å²) in [6.45, 7) is -0.0217. The van der Waals surface area contributed by atoms with Gasteiger partial charge in [0.1, 0.15) is 10.3 Å². The maximum absolute atomic E-state index is 10.8. The lowest BCUT2D eigenvalue weighted by atomic mass is 9.92. The van der Waals surface area contributed by atoms with Crippen LogP contribution in [0.15, 0.2) is 21.9 Å². The molecule has 0 amide bonds. The number of rotatable bonds is 2. The van der Waals surface area contributed by atoms with Gasteiger partial charge in [-0.25, -0.2) is 4.79 Å². The summed E-state index contributed by atoms with van der Waals surface area (Å²) < 4.78 is -1.61. The summed E-state index contributed by atoms with van der Waals surface area (Å²) in [5.41, 5.74) is 5.16. The molecule has 84 valence electrons. The lowest BCUT2D eigenvalue weighted by molar-refractivity contribution is -0.132. The number of hydrogen-bond acceptors (Lipinski definition) is 4. The van der Waals surface area contributed by atoms with Crippen LogP contribution < -0.4 is 5.73 Å². The predicted octanol–water partition coefficient (Wildman–Crippen LogP) is 0.834. The SMILES string of the molecule is NCC1C(O)=C(Br)C(C(=O)O)=CC1(O)Br. The molecular formula is C8H9Br2NO4. The number of halogens is 2. The third kappa shape index (κ3) is 2.25. The molecule has 5 N–H and O–H groups in total. The van der Waals surface area contributed by atoms with Crippen molar-refractivity contribution in [1.82, 2.24) is 0 Å². The van der Waals surface area contributed by atoms with Crippen LogP contribution >= 0.6 is 31.9 Å². The molecule has 1 rings (SSSR count). The van der Waals surface area contributed by atoms with Crippen LogP contribution in [0.25, 0.3) is 0 Å². The number of carboxylic acids is 1. The molecule has 0 fully saturated rings. The zero-order valence-corrected chi connectivity index (χ0v) is 10.6. The number of carboxylic acid groups (broad SMARTS) is 1. The third-order valence-corrected chi connectivity index (χ3v) is 3.71. The summed E-state index contributed by atoms with van der Waals surface area (Å²) >= 11 is 5.86. The highest BCUT2D eigenvalue weighted by molar-refractivity contribution is 9.12. The molecule has 0 aromatic heterocycles. The van der Waals surface area contributed by atoms with Crippen molar-refractivity contribution in [3.63, 3.8) is 0 Å². The number of aliphatic hydroxyl groups is 2. The third-order valence-electron chi connectivity index (χ3n) is 2.09. The fourth-order valence-electron chi connectivity index (χ4n) is 1.28. The Balaban J connectivity index is 3.27. The van der Waals surface area contributed by atoms with E-state index in [2.05, 4.69) is 31.9 Å². The van der Waals surface area contributed by atoms with Crippen LogP contribution in [0.3, 0.4) is 0 Å². The topological polar surface area (TPSA) is 104 Å². The maximum Gasteiger partial charge on any atom is 0.336 e. The molecule has 1 aliphatic carbocycles. The Hall–Kier alpha value is -0.370. The van der Waals surface area contributed by atoms with Gasteiger partial charge in [0, 0.05) is 6.54 Å². The first kappa shape index (κ1) is 12.7. The highest BCUT2D eigenvalue weighted by atomic mass is 79.9. The van der Waals surface area contributed by atoms with Crippen molar-refractivity contribution in [3.8, 4) is 0 Å². The normalized spacial score (nSPS) is 31.5. The van der Waals surface area contributed by atoms with Crippen LogP contribution in [0.1, 0.15) is 0 Å². The molecule has 0 radical (unpaired) electrons. The number of alkyl halides is 1. The van der Waals surface area contributed by atoms with E-state index in [0.29, 0.717) is 0 Å². The summed E-state index contributed by atoms with van der Waals surface area (Å²) in [7, 11) is 0. The summed E-state index contributed by atoms with van der Waals surface area (Å²) in [5.74, 6) is -2.31. The highest BCUT2D eigenvalue weighted by Crippen LogP contribution is 2.41. The van der Waals surface area contributed by atoms with Crippen LogP contribution in [0.5, 0.6) is 0 Å². The van der Waals surface area contributed by atoms with Gasteiger partial charge in [-0.3, -0.25) is 0 Å². The predicted molar refractivity (Wildman–Crippen MR) is 60.7 cm³/mol. The van der Waals surface area contributed by atoms with E-state index < -0.39 is 16.4 Å². The van der Waals surface area contributed by atoms with E-state index in [1.54, 1.807) is 0 Å². The Kier molecular flexibility index (Phi) is 3.59. The van der Waals surface area contributed by atoms with Crippen molar-refractivity contribution in [1.29, 1.82) is 0 Å². The number of hydrogen-bond donors (Lipinski definition) is 4. The lowest BCUT2D eigenvalue weighted by Gasteiger charge is -2.31. The summed E-state index contributed by atoms with van der Waals surface area (Å²) in [4.78, 5) is 10.8. The second-order valence-corrected chi connectivity index (χ2v) is 5.14. The van der Waals surface area contributed by atoms with Gasteiger partial charge in [0.2, 0.25) is 0 Å². The van der Waals surface area contributed by atoms with E-state index in [0.717, 1.165) is 6.08 Å². The average molecular weight is 343 g/mol. The molecule has 0 heterocycles. The number of aliphatic hydroxyl groups excluding tert-OH is 1. The van der Waals surface area contributed by atoms with Gasteiger partial charge in [0.15, 0.2) is 0 Å². The maximum atomic E-state index is 10.8. The van der Waals surface area contributed by atoms with Crippen LogP contribution in [-0.4, -0.2) is 32.3 Å². The first-order chi connectivity index (χ1) is 6.81. The molecule has 15 heavy (non-hydrogen) atoms. The van der Waals surface area contributed by atoms with Crippen molar-refractivity contribution in [2.75, 3.05) is 6.54 Å². The number of nitrogens with two attached hydrogens (primary N) is 1. The molecule has 0 bridgehead atoms. The minimum Gasteiger partial charge on any atom is -0.511 e. The molecule has 7 heteroatoms. The Labute approximate surface area is 103 Å². The standard InChI is InChI=1S/C8H9Br2NO4/c9-5-3(7(13)14)1-8(10,15)4(2-11)6(5)12/h1,4,12,15H,2,11H2,(H,13,14). The van der Waals surface area contributed by atoms with Crippen LogP contribution in [0.2, 0.25) is 0 Å². The Morgan fingerprint density at radius 2 is 2.20 bits per heavy atom. The fraction of sp³-hybridized carbons (Fsp3) is 0.375. The van der Waals surface area contributed by atoms with E-state index in [-0.39, 0.29) is 22.4 Å². The monoisotopic (exact) mass is 341 g/mol. The Morgan fingerprint density at radius 3 is 2.60 bits per heavy atom. The minimum absolute atomic E-state index is 0.0217. The van der Waals surface area contributed by atoms with Gasteiger partial charge in [-0.2, -0.15) is 0 Å². The molecule has 1 aliphatic rings. The van der Waals surface area contributed by atoms with Gasteiger partial charge >= 0.3 is 5.97 Å².